The van der Waals surface area contributed by atoms with Crippen LogP contribution in [0.4, 0.5) is 0 Å². The number of hydrogen-bond acceptors (Lipinski definition) is 2. The van der Waals surface area contributed by atoms with Crippen molar-refractivity contribution in [2.45, 2.75) is 13.3 Å². The van der Waals surface area contributed by atoms with Crippen LogP contribution in [0, 0.1) is 0 Å². The van der Waals surface area contributed by atoms with Crippen molar-refractivity contribution < 1.29 is 9.90 Å². The van der Waals surface area contributed by atoms with Gasteiger partial charge in [-0.3, -0.25) is 4.98 Å². The monoisotopic (exact) mass is 177 g/mol. The van der Waals surface area contributed by atoms with Gasteiger partial charge < -0.3 is 5.11 Å². The van der Waals surface area contributed by atoms with Gasteiger partial charge in [-0.2, -0.15) is 0 Å². The first-order chi connectivity index (χ1) is 6.18. The number of carbonyl (C=O) groups is 1. The minimum atomic E-state index is -0.901. The fourth-order valence-electron chi connectivity index (χ4n) is 1.09. The molecule has 0 amide bonds. The smallest absolute Gasteiger partial charge is 0.328 e. The molecule has 0 aliphatic rings. The van der Waals surface area contributed by atoms with Crippen LogP contribution in [0.1, 0.15) is 12.5 Å². The van der Waals surface area contributed by atoms with E-state index < -0.39 is 5.97 Å². The topological polar surface area (TPSA) is 50.2 Å². The molecule has 1 N–H and O–H groups in total. The molecular formula is C10H11NO2. The van der Waals surface area contributed by atoms with Gasteiger partial charge in [-0.15, -0.1) is 0 Å². The number of rotatable bonds is 3. The molecule has 13 heavy (non-hydrogen) atoms. The van der Waals surface area contributed by atoms with Crippen LogP contribution >= 0.6 is 0 Å². The van der Waals surface area contributed by atoms with Gasteiger partial charge in [0.05, 0.1) is 0 Å². The summed E-state index contributed by atoms with van der Waals surface area (Å²) in [4.78, 5) is 14.3. The van der Waals surface area contributed by atoms with E-state index in [0.717, 1.165) is 11.1 Å². The van der Waals surface area contributed by atoms with Crippen LogP contribution in [0.2, 0.25) is 0 Å². The Bertz CT molecular complexity index is 317. The molecule has 1 aromatic rings. The van der Waals surface area contributed by atoms with Gasteiger partial charge in [-0.25, -0.2) is 4.79 Å². The second kappa shape index (κ2) is 4.40. The Balaban J connectivity index is 2.65. The summed E-state index contributed by atoms with van der Waals surface area (Å²) in [5.41, 5.74) is 1.85. The van der Waals surface area contributed by atoms with E-state index in [1.165, 1.54) is 6.08 Å². The Labute approximate surface area is 76.7 Å². The number of hydrogen-bond donors (Lipinski definition) is 1. The summed E-state index contributed by atoms with van der Waals surface area (Å²) in [6.45, 7) is 1.79. The Kier molecular flexibility index (Phi) is 3.20. The van der Waals surface area contributed by atoms with Crippen molar-refractivity contribution in [2.75, 3.05) is 0 Å². The summed E-state index contributed by atoms with van der Waals surface area (Å²) in [6.07, 6.45) is 5.28. The summed E-state index contributed by atoms with van der Waals surface area (Å²) < 4.78 is 0. The molecule has 0 saturated heterocycles. The highest BCUT2D eigenvalue weighted by molar-refractivity contribution is 5.80. The summed E-state index contributed by atoms with van der Waals surface area (Å²) >= 11 is 0. The van der Waals surface area contributed by atoms with Gasteiger partial charge in [0.15, 0.2) is 0 Å². The van der Waals surface area contributed by atoms with Crippen LogP contribution in [0.3, 0.4) is 0 Å². The molecule has 0 bridgehead atoms. The highest BCUT2D eigenvalue weighted by Crippen LogP contribution is 2.05. The molecule has 0 unspecified atom stereocenters. The van der Waals surface area contributed by atoms with Gasteiger partial charge in [-0.05, 0) is 25.0 Å². The van der Waals surface area contributed by atoms with Crippen LogP contribution in [0.5, 0.6) is 0 Å². The summed E-state index contributed by atoms with van der Waals surface area (Å²) in [5.74, 6) is -0.901. The van der Waals surface area contributed by atoms with Crippen molar-refractivity contribution in [1.82, 2.24) is 4.98 Å². The molecule has 1 heterocycles. The molecule has 0 spiro atoms. The lowest BCUT2D eigenvalue weighted by Crippen LogP contribution is -1.93. The zero-order chi connectivity index (χ0) is 9.68. The third-order valence-electron chi connectivity index (χ3n) is 1.58. The predicted molar refractivity (Wildman–Crippen MR) is 49.3 cm³/mol. The summed E-state index contributed by atoms with van der Waals surface area (Å²) in [5, 5.41) is 8.47. The molecule has 1 rings (SSSR count). The second-order valence-corrected chi connectivity index (χ2v) is 2.87. The van der Waals surface area contributed by atoms with Gasteiger partial charge >= 0.3 is 5.97 Å². The van der Waals surface area contributed by atoms with E-state index in [0.29, 0.717) is 6.42 Å². The van der Waals surface area contributed by atoms with Crippen molar-refractivity contribution in [3.8, 4) is 0 Å². The minimum Gasteiger partial charge on any atom is -0.478 e. The maximum absolute atomic E-state index is 10.3. The Hall–Kier alpha value is -1.64. The number of allylic oxidation sites excluding steroid dienone is 1. The van der Waals surface area contributed by atoms with E-state index >= 15 is 0 Å². The molecule has 68 valence electrons. The van der Waals surface area contributed by atoms with E-state index in [9.17, 15) is 4.79 Å². The Morgan fingerprint density at radius 2 is 2.46 bits per heavy atom. The molecule has 1 aromatic heterocycles. The van der Waals surface area contributed by atoms with E-state index in [-0.39, 0.29) is 0 Å². The summed E-state index contributed by atoms with van der Waals surface area (Å²) in [6, 6.07) is 3.76. The zero-order valence-electron chi connectivity index (χ0n) is 7.40. The lowest BCUT2D eigenvalue weighted by molar-refractivity contribution is -0.131. The number of carboxylic acids is 1. The first-order valence-corrected chi connectivity index (χ1v) is 3.97. The van der Waals surface area contributed by atoms with Gasteiger partial charge in [0, 0.05) is 18.5 Å². The molecule has 0 fully saturated rings. The van der Waals surface area contributed by atoms with Crippen molar-refractivity contribution in [1.29, 1.82) is 0 Å². The van der Waals surface area contributed by atoms with Gasteiger partial charge in [-0.1, -0.05) is 11.6 Å². The van der Waals surface area contributed by atoms with Crippen LogP contribution in [-0.4, -0.2) is 16.1 Å². The van der Waals surface area contributed by atoms with Crippen LogP contribution in [0.25, 0.3) is 0 Å². The molecular weight excluding hydrogens is 166 g/mol. The number of aromatic nitrogens is 1. The van der Waals surface area contributed by atoms with E-state index in [1.807, 2.05) is 12.1 Å². The highest BCUT2D eigenvalue weighted by Gasteiger charge is 1.96. The maximum atomic E-state index is 10.3. The molecule has 0 aromatic carbocycles. The Morgan fingerprint density at radius 1 is 1.69 bits per heavy atom. The fourth-order valence-corrected chi connectivity index (χ4v) is 1.09. The standard InChI is InChI=1S/C10H11NO2/c1-8(6-10(12)13)5-9-3-2-4-11-7-9/h2-4,6-7H,5H2,1H3,(H,12,13)/b8-6+. The maximum Gasteiger partial charge on any atom is 0.328 e. The first-order valence-electron chi connectivity index (χ1n) is 3.97. The van der Waals surface area contributed by atoms with Crippen molar-refractivity contribution in [3.05, 3.63) is 41.7 Å². The third-order valence-corrected chi connectivity index (χ3v) is 1.58. The predicted octanol–water partition coefficient (Wildman–Crippen LogP) is 1.66. The SMILES string of the molecule is C/C(=C\C(=O)O)Cc1cccnc1. The van der Waals surface area contributed by atoms with Gasteiger partial charge in [0.25, 0.3) is 0 Å². The number of aliphatic carboxylic acids is 1. The highest BCUT2D eigenvalue weighted by atomic mass is 16.4. The number of carboxylic acid groups (broad SMARTS) is 1. The molecule has 0 atom stereocenters. The molecule has 0 radical (unpaired) electrons. The average molecular weight is 177 g/mol. The van der Waals surface area contributed by atoms with Crippen LogP contribution in [-0.2, 0) is 11.2 Å². The lowest BCUT2D eigenvalue weighted by Gasteiger charge is -1.98. The molecule has 0 saturated carbocycles. The lowest BCUT2D eigenvalue weighted by atomic mass is 10.1. The zero-order valence-corrected chi connectivity index (χ0v) is 7.40. The molecule has 3 heteroatoms. The summed E-state index contributed by atoms with van der Waals surface area (Å²) in [7, 11) is 0. The van der Waals surface area contributed by atoms with Crippen molar-refractivity contribution in [2.24, 2.45) is 0 Å². The van der Waals surface area contributed by atoms with E-state index in [1.54, 1.807) is 19.3 Å². The van der Waals surface area contributed by atoms with Crippen molar-refractivity contribution in [3.63, 3.8) is 0 Å². The number of nitrogens with zero attached hydrogens (tertiary/aromatic N) is 1. The van der Waals surface area contributed by atoms with E-state index in [2.05, 4.69) is 4.98 Å². The average Bonchev–Trinajstić information content (AvgIpc) is 2.04. The second-order valence-electron chi connectivity index (χ2n) is 2.87. The largest absolute Gasteiger partial charge is 0.478 e. The normalized spacial score (nSPS) is 11.3. The van der Waals surface area contributed by atoms with Crippen LogP contribution < -0.4 is 0 Å². The fraction of sp³-hybridized carbons (Fsp3) is 0.200. The number of pyridine rings is 1. The van der Waals surface area contributed by atoms with E-state index in [4.69, 9.17) is 5.11 Å². The quantitative estimate of drug-likeness (QED) is 0.714. The molecule has 0 aliphatic carbocycles. The van der Waals surface area contributed by atoms with Gasteiger partial charge in [0.1, 0.15) is 0 Å². The minimum absolute atomic E-state index is 0.639. The van der Waals surface area contributed by atoms with Crippen LogP contribution in [0.15, 0.2) is 36.2 Å². The van der Waals surface area contributed by atoms with Crippen molar-refractivity contribution >= 4 is 5.97 Å². The molecule has 0 aliphatic heterocycles. The third kappa shape index (κ3) is 3.51. The Morgan fingerprint density at radius 3 is 3.00 bits per heavy atom. The van der Waals surface area contributed by atoms with Gasteiger partial charge in [0.2, 0.25) is 0 Å². The first kappa shape index (κ1) is 9.45. The molecule has 3 nitrogen and oxygen atoms in total.